The third-order valence-electron chi connectivity index (χ3n) is 3.69. The summed E-state index contributed by atoms with van der Waals surface area (Å²) in [5, 5.41) is 2.47. The van der Waals surface area contributed by atoms with Crippen LogP contribution in [0.25, 0.3) is 6.08 Å². The molecule has 0 bridgehead atoms. The molecule has 0 saturated heterocycles. The minimum atomic E-state index is -0.291. The van der Waals surface area contributed by atoms with Crippen molar-refractivity contribution in [2.75, 3.05) is 27.3 Å². The van der Waals surface area contributed by atoms with E-state index in [1.54, 1.807) is 17.5 Å². The Kier molecular flexibility index (Phi) is 11.8. The van der Waals surface area contributed by atoms with Gasteiger partial charge < -0.3 is 9.47 Å². The van der Waals surface area contributed by atoms with Crippen LogP contribution in [0.3, 0.4) is 0 Å². The smallest absolute Gasteiger partial charge is 0.339 e. The molecule has 180 valence electrons. The summed E-state index contributed by atoms with van der Waals surface area (Å²) in [5.74, 6) is 0. The van der Waals surface area contributed by atoms with Crippen molar-refractivity contribution in [1.29, 1.82) is 0 Å². The number of nitrogens with zero attached hydrogens (tertiary/aromatic N) is 3. The van der Waals surface area contributed by atoms with Crippen LogP contribution in [0, 0.1) is 10.8 Å². The van der Waals surface area contributed by atoms with Crippen LogP contribution in [0.4, 0.5) is 0 Å². The lowest BCUT2D eigenvalue weighted by atomic mass is 9.98. The monoisotopic (exact) mass is 483 g/mol. The van der Waals surface area contributed by atoms with Crippen molar-refractivity contribution >= 4 is 29.0 Å². The molecule has 8 heteroatoms. The zero-order valence-corrected chi connectivity index (χ0v) is 22.2. The first-order valence-corrected chi connectivity index (χ1v) is 11.8. The lowest BCUT2D eigenvalue weighted by molar-refractivity contribution is -0.230. The summed E-state index contributed by atoms with van der Waals surface area (Å²) in [4.78, 5) is 18.1. The number of rotatable bonds is 8. The van der Waals surface area contributed by atoms with Crippen LogP contribution >= 0.6 is 22.9 Å². The summed E-state index contributed by atoms with van der Waals surface area (Å²) in [5.41, 5.74) is 0.0406. The fourth-order valence-electron chi connectivity index (χ4n) is 2.22. The zero-order chi connectivity index (χ0) is 24.4. The van der Waals surface area contributed by atoms with Gasteiger partial charge in [-0.3, -0.25) is 9.47 Å². The van der Waals surface area contributed by atoms with Gasteiger partial charge in [0.05, 0.1) is 24.4 Å². The maximum Gasteiger partial charge on any atom is 0.347 e. The van der Waals surface area contributed by atoms with E-state index in [1.807, 2.05) is 48.7 Å². The SMILES string of the molecule is CN(C)C(OCC(C)(C)C)OCC(C)(C)C.O=c1ncc(Cl)cn1CC=Cc1cccs1. The second-order valence-corrected chi connectivity index (χ2v) is 11.6. The van der Waals surface area contributed by atoms with E-state index >= 15 is 0 Å². The number of ether oxygens (including phenoxy) is 2. The maximum absolute atomic E-state index is 11.3. The van der Waals surface area contributed by atoms with Gasteiger partial charge >= 0.3 is 5.69 Å². The first kappa shape index (κ1) is 28.5. The van der Waals surface area contributed by atoms with Gasteiger partial charge in [-0.05, 0) is 42.4 Å². The lowest BCUT2D eigenvalue weighted by Gasteiger charge is -2.30. The van der Waals surface area contributed by atoms with Crippen molar-refractivity contribution in [3.8, 4) is 0 Å². The van der Waals surface area contributed by atoms with Crippen LogP contribution in [-0.2, 0) is 16.0 Å². The van der Waals surface area contributed by atoms with Gasteiger partial charge in [0.25, 0.3) is 0 Å². The van der Waals surface area contributed by atoms with Gasteiger partial charge in [-0.2, -0.15) is 0 Å². The molecule has 0 amide bonds. The molecule has 0 fully saturated rings. The van der Waals surface area contributed by atoms with E-state index in [0.717, 1.165) is 4.88 Å². The number of thiophene rings is 1. The van der Waals surface area contributed by atoms with Crippen LogP contribution in [0.15, 0.2) is 40.8 Å². The van der Waals surface area contributed by atoms with E-state index in [1.165, 1.54) is 10.8 Å². The zero-order valence-electron chi connectivity index (χ0n) is 20.6. The molecule has 6 nitrogen and oxygen atoms in total. The molecule has 2 heterocycles. The van der Waals surface area contributed by atoms with E-state index in [-0.39, 0.29) is 22.9 Å². The highest BCUT2D eigenvalue weighted by Gasteiger charge is 2.20. The highest BCUT2D eigenvalue weighted by molar-refractivity contribution is 7.10. The predicted octanol–water partition coefficient (Wildman–Crippen LogP) is 5.63. The lowest BCUT2D eigenvalue weighted by Crippen LogP contribution is -2.37. The van der Waals surface area contributed by atoms with Crippen LogP contribution in [-0.4, -0.2) is 48.2 Å². The molecule has 0 spiro atoms. The van der Waals surface area contributed by atoms with Gasteiger partial charge in [-0.1, -0.05) is 65.3 Å². The molecule has 2 aromatic heterocycles. The number of hydrogen-bond acceptors (Lipinski definition) is 6. The van der Waals surface area contributed by atoms with Crippen LogP contribution < -0.4 is 5.69 Å². The average Bonchev–Trinajstić information content (AvgIpc) is 3.16. The Labute approximate surface area is 201 Å². The largest absolute Gasteiger partial charge is 0.347 e. The molecule has 0 N–H and O–H groups in total. The topological polar surface area (TPSA) is 56.6 Å². The second kappa shape index (κ2) is 13.3. The Morgan fingerprint density at radius 2 is 1.75 bits per heavy atom. The molecule has 0 aliphatic carbocycles. The molecule has 0 aliphatic heterocycles. The van der Waals surface area contributed by atoms with E-state index in [4.69, 9.17) is 21.1 Å². The normalized spacial score (nSPS) is 12.5. The Hall–Kier alpha value is -1.51. The van der Waals surface area contributed by atoms with Gasteiger partial charge in [0.15, 0.2) is 0 Å². The Morgan fingerprint density at radius 3 is 2.22 bits per heavy atom. The molecule has 2 aromatic rings. The van der Waals surface area contributed by atoms with Crippen molar-refractivity contribution in [2.24, 2.45) is 10.8 Å². The number of hydrogen-bond donors (Lipinski definition) is 0. The Balaban J connectivity index is 0.000000320. The molecular formula is C24H38ClN3O3S. The standard InChI is InChI=1S/C13H29NO2.C11H9ClN2OS/c1-12(2,3)9-15-11(14(7)8)16-10-13(4,5)6;12-9-7-13-11(15)14(8-9)5-1-3-10-4-2-6-16-10/h11H,9-10H2,1-8H3;1-4,6-8H,5H2. The summed E-state index contributed by atoms with van der Waals surface area (Å²) in [6, 6.07) is 4.00. The Morgan fingerprint density at radius 1 is 1.16 bits per heavy atom. The van der Waals surface area contributed by atoms with Crippen molar-refractivity contribution in [2.45, 2.75) is 54.5 Å². The number of halogens is 1. The maximum atomic E-state index is 11.3. The third kappa shape index (κ3) is 13.1. The fourth-order valence-corrected chi connectivity index (χ4v) is 3.03. The van der Waals surface area contributed by atoms with E-state index in [9.17, 15) is 4.79 Å². The summed E-state index contributed by atoms with van der Waals surface area (Å²) < 4.78 is 13.0. The minimum absolute atomic E-state index is 0.166. The van der Waals surface area contributed by atoms with Gasteiger partial charge in [-0.25, -0.2) is 9.78 Å². The third-order valence-corrected chi connectivity index (χ3v) is 4.72. The van der Waals surface area contributed by atoms with Crippen LogP contribution in [0.2, 0.25) is 5.02 Å². The summed E-state index contributed by atoms with van der Waals surface area (Å²) >= 11 is 7.40. The molecule has 32 heavy (non-hydrogen) atoms. The molecule has 0 atom stereocenters. The highest BCUT2D eigenvalue weighted by Crippen LogP contribution is 2.18. The van der Waals surface area contributed by atoms with Crippen LogP contribution in [0.5, 0.6) is 0 Å². The molecule has 0 radical (unpaired) electrons. The van der Waals surface area contributed by atoms with Crippen LogP contribution in [0.1, 0.15) is 46.4 Å². The predicted molar refractivity (Wildman–Crippen MR) is 135 cm³/mol. The first-order chi connectivity index (χ1) is 14.8. The van der Waals surface area contributed by atoms with Crippen molar-refractivity contribution < 1.29 is 9.47 Å². The molecule has 0 unspecified atom stereocenters. The summed E-state index contributed by atoms with van der Waals surface area (Å²) in [7, 11) is 3.94. The van der Waals surface area contributed by atoms with Gasteiger partial charge in [0.2, 0.25) is 6.41 Å². The molecule has 0 saturated carbocycles. The fraction of sp³-hybridized carbons (Fsp3) is 0.583. The number of aromatic nitrogens is 2. The Bertz CT molecular complexity index is 848. The van der Waals surface area contributed by atoms with E-state index < -0.39 is 0 Å². The van der Waals surface area contributed by atoms with E-state index in [0.29, 0.717) is 24.8 Å². The van der Waals surface area contributed by atoms with Crippen molar-refractivity contribution in [3.63, 3.8) is 0 Å². The van der Waals surface area contributed by atoms with Crippen molar-refractivity contribution in [1.82, 2.24) is 14.5 Å². The summed E-state index contributed by atoms with van der Waals surface area (Å²) in [6.45, 7) is 14.8. The molecule has 2 rings (SSSR count). The highest BCUT2D eigenvalue weighted by atomic mass is 35.5. The number of allylic oxidation sites excluding steroid dienone is 1. The molecule has 0 aliphatic rings. The van der Waals surface area contributed by atoms with E-state index in [2.05, 4.69) is 46.5 Å². The van der Waals surface area contributed by atoms with Gasteiger partial charge in [0, 0.05) is 17.6 Å². The van der Waals surface area contributed by atoms with Crippen molar-refractivity contribution in [3.05, 3.63) is 56.4 Å². The summed E-state index contributed by atoms with van der Waals surface area (Å²) in [6.07, 6.45) is 6.56. The first-order valence-electron chi connectivity index (χ1n) is 10.6. The second-order valence-electron chi connectivity index (χ2n) is 10.1. The average molecular weight is 484 g/mol. The quantitative estimate of drug-likeness (QED) is 0.455. The van der Waals surface area contributed by atoms with Gasteiger partial charge in [-0.15, -0.1) is 11.3 Å². The minimum Gasteiger partial charge on any atom is -0.339 e. The van der Waals surface area contributed by atoms with Gasteiger partial charge in [0.1, 0.15) is 0 Å². The molecular weight excluding hydrogens is 446 g/mol. The molecule has 0 aromatic carbocycles.